The summed E-state index contributed by atoms with van der Waals surface area (Å²) in [5, 5.41) is 9.11. The normalized spacial score (nSPS) is 11.5. The molecule has 0 amide bonds. The van der Waals surface area contributed by atoms with Crippen molar-refractivity contribution in [3.8, 4) is 0 Å². The lowest BCUT2D eigenvalue weighted by Crippen LogP contribution is -2.20. The van der Waals surface area contributed by atoms with Crippen LogP contribution < -0.4 is 0 Å². The second-order valence-electron chi connectivity index (χ2n) is 2.36. The van der Waals surface area contributed by atoms with Gasteiger partial charge in [0.25, 0.3) is 0 Å². The Hall–Kier alpha value is -1.42. The van der Waals surface area contributed by atoms with E-state index in [-0.39, 0.29) is 18.8 Å². The number of esters is 1. The van der Waals surface area contributed by atoms with Crippen molar-refractivity contribution in [2.24, 2.45) is 0 Å². The molecule has 0 fully saturated rings. The molecule has 1 atom stereocenters. The van der Waals surface area contributed by atoms with E-state index < -0.39 is 12.1 Å². The minimum absolute atomic E-state index is 0.0894. The summed E-state index contributed by atoms with van der Waals surface area (Å²) in [4.78, 5) is 21.2. The average molecular weight is 184 g/mol. The van der Waals surface area contributed by atoms with E-state index in [1.54, 1.807) is 0 Å². The highest BCUT2D eigenvalue weighted by Gasteiger charge is 2.09. The molecule has 72 valence electrons. The van der Waals surface area contributed by atoms with Crippen molar-refractivity contribution < 1.29 is 19.4 Å². The Bertz CT molecular complexity index is 220. The molecule has 1 unspecified atom stereocenters. The molecule has 0 heterocycles. The van der Waals surface area contributed by atoms with Gasteiger partial charge >= 0.3 is 5.97 Å². The lowest BCUT2D eigenvalue weighted by atomic mass is 10.2. The van der Waals surface area contributed by atoms with Gasteiger partial charge in [0.15, 0.2) is 5.78 Å². The summed E-state index contributed by atoms with van der Waals surface area (Å²) in [7, 11) is 0. The van der Waals surface area contributed by atoms with E-state index in [9.17, 15) is 9.59 Å². The van der Waals surface area contributed by atoms with E-state index in [2.05, 4.69) is 17.9 Å². The number of allylic oxidation sites excluding steroid dienone is 1. The zero-order valence-electron chi connectivity index (χ0n) is 7.23. The lowest BCUT2D eigenvalue weighted by Gasteiger charge is -2.07. The molecule has 0 radical (unpaired) electrons. The molecule has 13 heavy (non-hydrogen) atoms. The standard InChI is InChI=1S/C9H12O4/c1-3-7(10)5-8(11)6-13-9(12)4-2/h3-4,8,11H,1-2,5-6H2. The van der Waals surface area contributed by atoms with Crippen molar-refractivity contribution in [2.45, 2.75) is 12.5 Å². The van der Waals surface area contributed by atoms with Gasteiger partial charge in [-0.05, 0) is 6.08 Å². The van der Waals surface area contributed by atoms with Crippen molar-refractivity contribution in [1.29, 1.82) is 0 Å². The molecule has 0 aliphatic heterocycles. The van der Waals surface area contributed by atoms with Gasteiger partial charge in [0, 0.05) is 12.5 Å². The number of rotatable bonds is 6. The molecule has 0 aromatic heterocycles. The van der Waals surface area contributed by atoms with Crippen molar-refractivity contribution >= 4 is 11.8 Å². The molecule has 4 nitrogen and oxygen atoms in total. The fourth-order valence-corrected chi connectivity index (χ4v) is 0.612. The van der Waals surface area contributed by atoms with E-state index in [1.165, 1.54) is 0 Å². The molecule has 0 saturated heterocycles. The number of ketones is 1. The second kappa shape index (κ2) is 6.14. The highest BCUT2D eigenvalue weighted by Crippen LogP contribution is 1.95. The Balaban J connectivity index is 3.68. The Labute approximate surface area is 76.5 Å². The number of hydrogen-bond acceptors (Lipinski definition) is 4. The molecule has 0 bridgehead atoms. The first-order chi connectivity index (χ1) is 6.10. The topological polar surface area (TPSA) is 63.6 Å². The maximum Gasteiger partial charge on any atom is 0.330 e. The third-order valence-electron chi connectivity index (χ3n) is 1.25. The summed E-state index contributed by atoms with van der Waals surface area (Å²) in [6.45, 7) is 6.21. The SMILES string of the molecule is C=CC(=O)CC(O)COC(=O)C=C. The average Bonchev–Trinajstić information content (AvgIpc) is 2.13. The summed E-state index contributed by atoms with van der Waals surface area (Å²) in [6, 6.07) is 0. The summed E-state index contributed by atoms with van der Waals surface area (Å²) in [5.74, 6) is -0.910. The molecule has 0 aliphatic carbocycles. The Morgan fingerprint density at radius 3 is 2.46 bits per heavy atom. The second-order valence-corrected chi connectivity index (χ2v) is 2.36. The fraction of sp³-hybridized carbons (Fsp3) is 0.333. The van der Waals surface area contributed by atoms with Crippen LogP contribution in [-0.4, -0.2) is 29.6 Å². The van der Waals surface area contributed by atoms with Crippen LogP contribution in [0.3, 0.4) is 0 Å². The first kappa shape index (κ1) is 11.6. The van der Waals surface area contributed by atoms with Gasteiger partial charge in [0.05, 0.1) is 6.10 Å². The minimum atomic E-state index is -0.977. The Morgan fingerprint density at radius 2 is 2.00 bits per heavy atom. The van der Waals surface area contributed by atoms with Crippen LogP contribution >= 0.6 is 0 Å². The van der Waals surface area contributed by atoms with E-state index in [0.717, 1.165) is 12.2 Å². The monoisotopic (exact) mass is 184 g/mol. The van der Waals surface area contributed by atoms with Crippen LogP contribution in [0.1, 0.15) is 6.42 Å². The van der Waals surface area contributed by atoms with E-state index in [1.807, 2.05) is 0 Å². The molecule has 0 saturated carbocycles. The quantitative estimate of drug-likeness (QED) is 0.474. The van der Waals surface area contributed by atoms with Gasteiger partial charge in [-0.2, -0.15) is 0 Å². The molecule has 0 aromatic carbocycles. The molecule has 1 N–H and O–H groups in total. The van der Waals surface area contributed by atoms with Gasteiger partial charge in [0.2, 0.25) is 0 Å². The highest BCUT2D eigenvalue weighted by molar-refractivity contribution is 5.89. The first-order valence-electron chi connectivity index (χ1n) is 3.72. The van der Waals surface area contributed by atoms with Crippen LogP contribution in [0.25, 0.3) is 0 Å². The third-order valence-corrected chi connectivity index (χ3v) is 1.25. The molecule has 0 aromatic rings. The van der Waals surface area contributed by atoms with Crippen molar-refractivity contribution in [1.82, 2.24) is 0 Å². The zero-order chi connectivity index (χ0) is 10.3. The third kappa shape index (κ3) is 5.81. The van der Waals surface area contributed by atoms with Crippen molar-refractivity contribution in [3.63, 3.8) is 0 Å². The number of aliphatic hydroxyl groups is 1. The Kier molecular flexibility index (Phi) is 5.47. The lowest BCUT2D eigenvalue weighted by molar-refractivity contribution is -0.141. The number of ether oxygens (including phenoxy) is 1. The maximum absolute atomic E-state index is 10.7. The molecular weight excluding hydrogens is 172 g/mol. The molecule has 0 rings (SSSR count). The van der Waals surface area contributed by atoms with Crippen molar-refractivity contribution in [3.05, 3.63) is 25.3 Å². The number of carbonyl (C=O) groups excluding carboxylic acids is 2. The predicted octanol–water partition coefficient (Wildman–Crippen LogP) is 0.222. The van der Waals surface area contributed by atoms with Crippen LogP contribution in [0, 0.1) is 0 Å². The van der Waals surface area contributed by atoms with Crippen LogP contribution in [0.4, 0.5) is 0 Å². The van der Waals surface area contributed by atoms with Gasteiger partial charge in [-0.15, -0.1) is 0 Å². The van der Waals surface area contributed by atoms with Gasteiger partial charge in [-0.25, -0.2) is 4.79 Å². The summed E-state index contributed by atoms with van der Waals surface area (Å²) < 4.78 is 4.50. The summed E-state index contributed by atoms with van der Waals surface area (Å²) in [5.41, 5.74) is 0. The van der Waals surface area contributed by atoms with E-state index in [4.69, 9.17) is 5.11 Å². The van der Waals surface area contributed by atoms with Gasteiger partial charge < -0.3 is 9.84 Å². The van der Waals surface area contributed by atoms with Crippen LogP contribution in [-0.2, 0) is 14.3 Å². The highest BCUT2D eigenvalue weighted by atomic mass is 16.5. The zero-order valence-corrected chi connectivity index (χ0v) is 7.23. The van der Waals surface area contributed by atoms with Crippen LogP contribution in [0.5, 0.6) is 0 Å². The van der Waals surface area contributed by atoms with E-state index >= 15 is 0 Å². The first-order valence-corrected chi connectivity index (χ1v) is 3.72. The molecule has 4 heteroatoms. The molecule has 0 spiro atoms. The van der Waals surface area contributed by atoms with Gasteiger partial charge in [-0.3, -0.25) is 4.79 Å². The summed E-state index contributed by atoms with van der Waals surface area (Å²) >= 11 is 0. The molecular formula is C9H12O4. The minimum Gasteiger partial charge on any atom is -0.460 e. The van der Waals surface area contributed by atoms with Crippen molar-refractivity contribution in [2.75, 3.05) is 6.61 Å². The van der Waals surface area contributed by atoms with E-state index in [0.29, 0.717) is 0 Å². The van der Waals surface area contributed by atoms with Gasteiger partial charge in [-0.1, -0.05) is 13.2 Å². The van der Waals surface area contributed by atoms with Crippen LogP contribution in [0.2, 0.25) is 0 Å². The smallest absolute Gasteiger partial charge is 0.330 e. The molecule has 0 aliphatic rings. The fourth-order valence-electron chi connectivity index (χ4n) is 0.612. The largest absolute Gasteiger partial charge is 0.460 e. The number of aliphatic hydroxyl groups excluding tert-OH is 1. The number of hydrogen-bond donors (Lipinski definition) is 1. The number of carbonyl (C=O) groups is 2. The Morgan fingerprint density at radius 1 is 1.38 bits per heavy atom. The predicted molar refractivity (Wildman–Crippen MR) is 47.0 cm³/mol. The summed E-state index contributed by atoms with van der Waals surface area (Å²) in [6.07, 6.45) is 1.03. The van der Waals surface area contributed by atoms with Gasteiger partial charge in [0.1, 0.15) is 6.61 Å². The van der Waals surface area contributed by atoms with Crippen LogP contribution in [0.15, 0.2) is 25.3 Å². The maximum atomic E-state index is 10.7.